The summed E-state index contributed by atoms with van der Waals surface area (Å²) in [5.41, 5.74) is 4.20. The minimum absolute atomic E-state index is 0.0675. The first kappa shape index (κ1) is 24.5. The number of hydrogen-bond acceptors (Lipinski definition) is 5. The van der Waals surface area contributed by atoms with E-state index in [2.05, 4.69) is 10.6 Å². The Morgan fingerprint density at radius 3 is 2.15 bits per heavy atom. The molecule has 176 valence electrons. The molecule has 1 atom stereocenters. The molecule has 0 aliphatic heterocycles. The van der Waals surface area contributed by atoms with Gasteiger partial charge in [-0.15, -0.1) is 0 Å². The first-order chi connectivity index (χ1) is 16.4. The molecule has 0 aromatic heterocycles. The molecule has 3 aromatic rings. The molecule has 7 heteroatoms. The summed E-state index contributed by atoms with van der Waals surface area (Å²) in [7, 11) is 0. The summed E-state index contributed by atoms with van der Waals surface area (Å²) < 4.78 is 10.5. The Morgan fingerprint density at radius 1 is 0.824 bits per heavy atom. The van der Waals surface area contributed by atoms with E-state index in [1.807, 2.05) is 92.7 Å². The van der Waals surface area contributed by atoms with Crippen LogP contribution in [-0.4, -0.2) is 30.6 Å². The van der Waals surface area contributed by atoms with Crippen molar-refractivity contribution in [2.45, 2.75) is 32.9 Å². The molecule has 0 aliphatic carbocycles. The number of aryl methyl sites for hydroxylation is 2. The lowest BCUT2D eigenvalue weighted by Crippen LogP contribution is -2.44. The lowest BCUT2D eigenvalue weighted by atomic mass is 10.1. The van der Waals surface area contributed by atoms with Crippen LogP contribution >= 0.6 is 0 Å². The number of rotatable bonds is 9. The lowest BCUT2D eigenvalue weighted by molar-refractivity contribution is -0.149. The summed E-state index contributed by atoms with van der Waals surface area (Å²) in [5.74, 6) is -1.19. The molecule has 2 N–H and O–H groups in total. The highest BCUT2D eigenvalue weighted by molar-refractivity contribution is 5.94. The average Bonchev–Trinajstić information content (AvgIpc) is 2.84. The monoisotopic (exact) mass is 460 g/mol. The molecule has 0 saturated carbocycles. The highest BCUT2D eigenvalue weighted by Crippen LogP contribution is 2.16. The number of ether oxygens (including phenoxy) is 2. The largest absolute Gasteiger partial charge is 0.454 e. The lowest BCUT2D eigenvalue weighted by Gasteiger charge is -2.18. The fourth-order valence-electron chi connectivity index (χ4n) is 3.24. The van der Waals surface area contributed by atoms with Gasteiger partial charge in [-0.1, -0.05) is 72.8 Å². The maximum Gasteiger partial charge on any atom is 0.408 e. The van der Waals surface area contributed by atoms with Crippen molar-refractivity contribution in [3.8, 4) is 0 Å². The fourth-order valence-corrected chi connectivity index (χ4v) is 3.24. The van der Waals surface area contributed by atoms with E-state index in [0.717, 1.165) is 22.3 Å². The van der Waals surface area contributed by atoms with Gasteiger partial charge in [0, 0.05) is 12.1 Å². The SMILES string of the molecule is Cc1ccc(C)c(NC(=O)COC(=O)C(Cc2ccccc2)NC(=O)OCc2ccccc2)c1. The van der Waals surface area contributed by atoms with Crippen molar-refractivity contribution in [3.05, 3.63) is 101 Å². The highest BCUT2D eigenvalue weighted by Gasteiger charge is 2.24. The van der Waals surface area contributed by atoms with E-state index in [4.69, 9.17) is 9.47 Å². The average molecular weight is 461 g/mol. The predicted molar refractivity (Wildman–Crippen MR) is 129 cm³/mol. The van der Waals surface area contributed by atoms with Crippen LogP contribution in [0.15, 0.2) is 78.9 Å². The second-order valence-electron chi connectivity index (χ2n) is 7.92. The van der Waals surface area contributed by atoms with Crippen LogP contribution in [0, 0.1) is 13.8 Å². The predicted octanol–water partition coefficient (Wildman–Crippen LogP) is 4.32. The summed E-state index contributed by atoms with van der Waals surface area (Å²) in [5, 5.41) is 5.30. The van der Waals surface area contributed by atoms with Crippen molar-refractivity contribution in [3.63, 3.8) is 0 Å². The Morgan fingerprint density at radius 2 is 1.47 bits per heavy atom. The van der Waals surface area contributed by atoms with Crippen LogP contribution < -0.4 is 10.6 Å². The van der Waals surface area contributed by atoms with Crippen molar-refractivity contribution in [2.24, 2.45) is 0 Å². The molecule has 0 spiro atoms. The van der Waals surface area contributed by atoms with Gasteiger partial charge < -0.3 is 20.1 Å². The Hall–Kier alpha value is -4.13. The zero-order valence-electron chi connectivity index (χ0n) is 19.2. The first-order valence-electron chi connectivity index (χ1n) is 11.0. The number of carbonyl (C=O) groups is 3. The number of anilines is 1. The number of alkyl carbamates (subject to hydrolysis) is 1. The number of amides is 2. The van der Waals surface area contributed by atoms with Crippen LogP contribution in [0.25, 0.3) is 0 Å². The van der Waals surface area contributed by atoms with Crippen LogP contribution in [0.5, 0.6) is 0 Å². The number of esters is 1. The van der Waals surface area contributed by atoms with E-state index in [-0.39, 0.29) is 13.0 Å². The van der Waals surface area contributed by atoms with Gasteiger partial charge in [-0.05, 0) is 42.2 Å². The van der Waals surface area contributed by atoms with E-state index in [0.29, 0.717) is 5.69 Å². The van der Waals surface area contributed by atoms with Gasteiger partial charge in [0.2, 0.25) is 0 Å². The smallest absolute Gasteiger partial charge is 0.408 e. The quantitative estimate of drug-likeness (QED) is 0.464. The molecule has 1 unspecified atom stereocenters. The fraction of sp³-hybridized carbons (Fsp3) is 0.222. The number of benzene rings is 3. The third-order valence-electron chi connectivity index (χ3n) is 5.08. The minimum Gasteiger partial charge on any atom is -0.454 e. The van der Waals surface area contributed by atoms with Gasteiger partial charge in [0.05, 0.1) is 0 Å². The molecule has 3 rings (SSSR count). The maximum atomic E-state index is 12.8. The Balaban J connectivity index is 1.58. The van der Waals surface area contributed by atoms with Crippen molar-refractivity contribution in [2.75, 3.05) is 11.9 Å². The van der Waals surface area contributed by atoms with Crippen LogP contribution in [-0.2, 0) is 32.1 Å². The van der Waals surface area contributed by atoms with E-state index in [9.17, 15) is 14.4 Å². The van der Waals surface area contributed by atoms with E-state index >= 15 is 0 Å². The van der Waals surface area contributed by atoms with Gasteiger partial charge in [0.1, 0.15) is 12.6 Å². The summed E-state index contributed by atoms with van der Waals surface area (Å²) in [6.45, 7) is 3.39. The third kappa shape index (κ3) is 7.78. The molecule has 34 heavy (non-hydrogen) atoms. The van der Waals surface area contributed by atoms with Gasteiger partial charge >= 0.3 is 12.1 Å². The first-order valence-corrected chi connectivity index (χ1v) is 11.0. The van der Waals surface area contributed by atoms with E-state index < -0.39 is 30.6 Å². The summed E-state index contributed by atoms with van der Waals surface area (Å²) in [4.78, 5) is 37.5. The molecule has 2 amide bonds. The van der Waals surface area contributed by atoms with Crippen LogP contribution in [0.2, 0.25) is 0 Å². The summed E-state index contributed by atoms with van der Waals surface area (Å²) >= 11 is 0. The maximum absolute atomic E-state index is 12.8. The van der Waals surface area contributed by atoms with Crippen LogP contribution in [0.3, 0.4) is 0 Å². The molecule has 0 bridgehead atoms. The normalized spacial score (nSPS) is 11.2. The molecule has 0 aliphatic rings. The summed E-state index contributed by atoms with van der Waals surface area (Å²) in [6, 6.07) is 23.1. The van der Waals surface area contributed by atoms with Gasteiger partial charge in [-0.2, -0.15) is 0 Å². The standard InChI is InChI=1S/C27H28N2O5/c1-19-13-14-20(2)23(15-19)28-25(30)18-33-26(31)24(16-21-9-5-3-6-10-21)29-27(32)34-17-22-11-7-4-8-12-22/h3-15,24H,16-18H2,1-2H3,(H,28,30)(H,29,32). The molecular weight excluding hydrogens is 432 g/mol. The number of hydrogen-bond donors (Lipinski definition) is 2. The van der Waals surface area contributed by atoms with Gasteiger partial charge in [0.25, 0.3) is 5.91 Å². The zero-order chi connectivity index (χ0) is 24.3. The highest BCUT2D eigenvalue weighted by atomic mass is 16.6. The van der Waals surface area contributed by atoms with Gasteiger partial charge in [0.15, 0.2) is 6.61 Å². The molecule has 0 saturated heterocycles. The minimum atomic E-state index is -1.01. The van der Waals surface area contributed by atoms with E-state index in [1.165, 1.54) is 0 Å². The van der Waals surface area contributed by atoms with Crippen LogP contribution in [0.1, 0.15) is 22.3 Å². The van der Waals surface area contributed by atoms with Crippen molar-refractivity contribution in [1.82, 2.24) is 5.32 Å². The summed E-state index contributed by atoms with van der Waals surface area (Å²) in [6.07, 6.45) is -0.555. The Labute approximate surface area is 199 Å². The molecule has 3 aromatic carbocycles. The molecule has 0 radical (unpaired) electrons. The van der Waals surface area contributed by atoms with Gasteiger partial charge in [-0.3, -0.25) is 4.79 Å². The molecular formula is C27H28N2O5. The number of nitrogens with one attached hydrogen (secondary N) is 2. The van der Waals surface area contributed by atoms with Crippen LogP contribution in [0.4, 0.5) is 10.5 Å². The second-order valence-corrected chi connectivity index (χ2v) is 7.92. The van der Waals surface area contributed by atoms with Crippen molar-refractivity contribution < 1.29 is 23.9 Å². The topological polar surface area (TPSA) is 93.7 Å². The van der Waals surface area contributed by atoms with E-state index in [1.54, 1.807) is 0 Å². The zero-order valence-corrected chi connectivity index (χ0v) is 19.2. The Kier molecular flexibility index (Phi) is 8.80. The van der Waals surface area contributed by atoms with Crippen molar-refractivity contribution in [1.29, 1.82) is 0 Å². The molecule has 0 heterocycles. The Bertz CT molecular complexity index is 1120. The van der Waals surface area contributed by atoms with Gasteiger partial charge in [-0.25, -0.2) is 9.59 Å². The second kappa shape index (κ2) is 12.2. The molecule has 0 fully saturated rings. The molecule has 7 nitrogen and oxygen atoms in total. The number of carbonyl (C=O) groups excluding carboxylic acids is 3. The van der Waals surface area contributed by atoms with Crippen molar-refractivity contribution >= 4 is 23.7 Å². The third-order valence-corrected chi connectivity index (χ3v) is 5.08.